The van der Waals surface area contributed by atoms with Gasteiger partial charge in [0.2, 0.25) is 0 Å². The molecule has 0 bridgehead atoms. The highest BCUT2D eigenvalue weighted by Crippen LogP contribution is 2.63. The molecule has 0 atom stereocenters. The number of fused-ring (bicyclic) bond motifs is 1. The summed E-state index contributed by atoms with van der Waals surface area (Å²) in [4.78, 5) is 1.65. The lowest BCUT2D eigenvalue weighted by atomic mass is 9.46. The monoisotopic (exact) mass is 615 g/mol. The second-order valence-corrected chi connectivity index (χ2v) is 17.1. The predicted octanol–water partition coefficient (Wildman–Crippen LogP) is 10.9. The van der Waals surface area contributed by atoms with Crippen molar-refractivity contribution in [3.05, 3.63) is 119 Å². The number of rotatable bonds is 5. The van der Waals surface area contributed by atoms with Crippen LogP contribution in [0.3, 0.4) is 0 Å². The van der Waals surface area contributed by atoms with E-state index >= 15 is 0 Å². The molecule has 4 nitrogen and oxygen atoms in total. The molecule has 0 amide bonds. The number of aromatic hydroxyl groups is 1. The first-order chi connectivity index (χ1) is 21.3. The first-order valence-electron chi connectivity index (χ1n) is 16.6. The minimum atomic E-state index is -0.610. The van der Waals surface area contributed by atoms with E-state index in [4.69, 9.17) is 10.2 Å². The van der Waals surface area contributed by atoms with Crippen molar-refractivity contribution >= 4 is 11.0 Å². The number of phenolic OH excluding ortho intramolecular Hbond substituents is 1. The van der Waals surface area contributed by atoms with Crippen LogP contribution < -0.4 is 0 Å². The molecular formula is C42H53N3O. The molecule has 5 rings (SSSR count). The first kappa shape index (κ1) is 33.4. The van der Waals surface area contributed by atoms with Crippen molar-refractivity contribution in [2.24, 2.45) is 21.7 Å². The summed E-state index contributed by atoms with van der Waals surface area (Å²) in [5, 5.41) is 22.6. The molecule has 0 saturated heterocycles. The standard InChI is InChI=1S/C42H53N3O/c1-37(2,3)41(38(4,5)6,29-21-15-13-16-22-29)31-27-32(36(46)35(28-31)45-43-33-25-19-20-26-34(33)44-45)42(39(7,8)9,40(10,11)12)30-23-17-14-18-24-30/h13-28,46H,1-12H3. The number of aromatic nitrogens is 3. The van der Waals surface area contributed by atoms with E-state index in [0.717, 1.165) is 22.2 Å². The zero-order valence-electron chi connectivity index (χ0n) is 30.0. The number of nitrogens with zero attached hydrogens (tertiary/aromatic N) is 3. The van der Waals surface area contributed by atoms with Crippen molar-refractivity contribution in [1.82, 2.24) is 15.0 Å². The lowest BCUT2D eigenvalue weighted by Crippen LogP contribution is -2.53. The fourth-order valence-electron chi connectivity index (χ4n) is 9.60. The van der Waals surface area contributed by atoms with Crippen molar-refractivity contribution in [3.8, 4) is 11.4 Å². The molecule has 0 radical (unpaired) electrons. The maximum atomic E-state index is 12.8. The molecule has 0 aliphatic rings. The van der Waals surface area contributed by atoms with Crippen LogP contribution >= 0.6 is 0 Å². The molecule has 1 aromatic heterocycles. The summed E-state index contributed by atoms with van der Waals surface area (Å²) < 4.78 is 0. The van der Waals surface area contributed by atoms with Gasteiger partial charge in [-0.15, -0.1) is 15.0 Å². The quantitative estimate of drug-likeness (QED) is 0.214. The minimum absolute atomic E-state index is 0.211. The Morgan fingerprint density at radius 1 is 0.457 bits per heavy atom. The lowest BCUT2D eigenvalue weighted by molar-refractivity contribution is 0.0825. The van der Waals surface area contributed by atoms with E-state index in [2.05, 4.69) is 156 Å². The Labute approximate surface area is 276 Å². The van der Waals surface area contributed by atoms with Crippen LogP contribution in [0, 0.1) is 21.7 Å². The number of phenols is 1. The molecular weight excluding hydrogens is 562 g/mol. The third-order valence-corrected chi connectivity index (χ3v) is 10.3. The average Bonchev–Trinajstić information content (AvgIpc) is 3.37. The molecule has 1 N–H and O–H groups in total. The van der Waals surface area contributed by atoms with E-state index in [-0.39, 0.29) is 27.4 Å². The summed E-state index contributed by atoms with van der Waals surface area (Å²) in [6.07, 6.45) is 0. The van der Waals surface area contributed by atoms with Crippen LogP contribution in [-0.2, 0) is 10.8 Å². The van der Waals surface area contributed by atoms with Gasteiger partial charge < -0.3 is 5.11 Å². The molecule has 242 valence electrons. The maximum Gasteiger partial charge on any atom is 0.147 e. The van der Waals surface area contributed by atoms with Crippen molar-refractivity contribution in [2.45, 2.75) is 93.9 Å². The lowest BCUT2D eigenvalue weighted by Gasteiger charge is -2.57. The molecule has 46 heavy (non-hydrogen) atoms. The van der Waals surface area contributed by atoms with Crippen LogP contribution in [-0.4, -0.2) is 20.1 Å². The van der Waals surface area contributed by atoms with Gasteiger partial charge in [-0.25, -0.2) is 0 Å². The van der Waals surface area contributed by atoms with E-state index in [0.29, 0.717) is 5.69 Å². The smallest absolute Gasteiger partial charge is 0.147 e. The molecule has 4 heteroatoms. The molecule has 4 aromatic carbocycles. The summed E-state index contributed by atoms with van der Waals surface area (Å²) in [7, 11) is 0. The molecule has 0 aliphatic carbocycles. The Balaban J connectivity index is 2.07. The highest BCUT2D eigenvalue weighted by Gasteiger charge is 2.57. The third-order valence-electron chi connectivity index (χ3n) is 10.3. The third kappa shape index (κ3) is 4.96. The van der Waals surface area contributed by atoms with Gasteiger partial charge in [-0.2, -0.15) is 0 Å². The van der Waals surface area contributed by atoms with Crippen molar-refractivity contribution in [1.29, 1.82) is 0 Å². The Bertz CT molecular complexity index is 1760. The second-order valence-electron chi connectivity index (χ2n) is 17.1. The van der Waals surface area contributed by atoms with E-state index in [1.165, 1.54) is 11.1 Å². The van der Waals surface area contributed by atoms with Crippen LogP contribution in [0.1, 0.15) is 105 Å². The molecule has 0 saturated carbocycles. The Hall–Kier alpha value is -3.92. The highest BCUT2D eigenvalue weighted by atomic mass is 16.3. The average molecular weight is 616 g/mol. The second kappa shape index (κ2) is 11.1. The van der Waals surface area contributed by atoms with E-state index in [9.17, 15) is 5.11 Å². The molecule has 0 aliphatic heterocycles. The number of benzene rings is 4. The zero-order valence-corrected chi connectivity index (χ0v) is 30.0. The molecule has 0 spiro atoms. The van der Waals surface area contributed by atoms with Gasteiger partial charge >= 0.3 is 0 Å². The largest absolute Gasteiger partial charge is 0.505 e. The first-order valence-corrected chi connectivity index (χ1v) is 16.6. The molecule has 1 heterocycles. The van der Waals surface area contributed by atoms with Gasteiger partial charge in [0.25, 0.3) is 0 Å². The van der Waals surface area contributed by atoms with Crippen LogP contribution in [0.2, 0.25) is 0 Å². The van der Waals surface area contributed by atoms with Crippen LogP contribution in [0.15, 0.2) is 97.1 Å². The summed E-state index contributed by atoms with van der Waals surface area (Å²) in [6, 6.07) is 34.0. The minimum Gasteiger partial charge on any atom is -0.505 e. The molecule has 0 unspecified atom stereocenters. The number of hydrogen-bond acceptors (Lipinski definition) is 3. The summed E-state index contributed by atoms with van der Waals surface area (Å²) in [5.41, 5.74) is 4.47. The Morgan fingerprint density at radius 3 is 1.22 bits per heavy atom. The summed E-state index contributed by atoms with van der Waals surface area (Å²) in [5.74, 6) is 0.211. The Kier molecular flexibility index (Phi) is 8.08. The zero-order chi connectivity index (χ0) is 33.9. The summed E-state index contributed by atoms with van der Waals surface area (Å²) in [6.45, 7) is 27.9. The van der Waals surface area contributed by atoms with Crippen molar-refractivity contribution in [3.63, 3.8) is 0 Å². The SMILES string of the molecule is CC(C)(C)C(c1ccccc1)(c1cc(-n2nc3ccccc3n2)c(O)c(C(c2ccccc2)(C(C)(C)C)C(C)(C)C)c1)C(C)(C)C. The van der Waals surface area contributed by atoms with Gasteiger partial charge in [0, 0.05) is 16.4 Å². The van der Waals surface area contributed by atoms with E-state index in [1.807, 2.05) is 24.3 Å². The number of hydrogen-bond donors (Lipinski definition) is 1. The Morgan fingerprint density at radius 2 is 0.826 bits per heavy atom. The van der Waals surface area contributed by atoms with Gasteiger partial charge in [-0.3, -0.25) is 0 Å². The topological polar surface area (TPSA) is 50.9 Å². The fraction of sp³-hybridized carbons (Fsp3) is 0.429. The van der Waals surface area contributed by atoms with Gasteiger partial charge in [0.05, 0.1) is 0 Å². The van der Waals surface area contributed by atoms with Gasteiger partial charge in [0.15, 0.2) is 0 Å². The van der Waals surface area contributed by atoms with Gasteiger partial charge in [0.1, 0.15) is 22.5 Å². The van der Waals surface area contributed by atoms with E-state index < -0.39 is 10.8 Å². The van der Waals surface area contributed by atoms with Crippen LogP contribution in [0.5, 0.6) is 5.75 Å². The van der Waals surface area contributed by atoms with Gasteiger partial charge in [-0.05, 0) is 56.5 Å². The fourth-order valence-corrected chi connectivity index (χ4v) is 9.60. The maximum absolute atomic E-state index is 12.8. The van der Waals surface area contributed by atoms with E-state index in [1.54, 1.807) is 4.80 Å². The van der Waals surface area contributed by atoms with Crippen LogP contribution in [0.4, 0.5) is 0 Å². The van der Waals surface area contributed by atoms with Gasteiger partial charge in [-0.1, -0.05) is 162 Å². The summed E-state index contributed by atoms with van der Waals surface area (Å²) >= 11 is 0. The van der Waals surface area contributed by atoms with Crippen molar-refractivity contribution < 1.29 is 5.11 Å². The normalized spacial score (nSPS) is 13.7. The predicted molar refractivity (Wildman–Crippen MR) is 193 cm³/mol. The van der Waals surface area contributed by atoms with Crippen LogP contribution in [0.25, 0.3) is 16.7 Å². The van der Waals surface area contributed by atoms with Crippen molar-refractivity contribution in [2.75, 3.05) is 0 Å². The molecule has 5 aromatic rings. The highest BCUT2D eigenvalue weighted by molar-refractivity contribution is 5.74. The molecule has 0 fully saturated rings.